The Morgan fingerprint density at radius 3 is 2.53 bits per heavy atom. The second kappa shape index (κ2) is 9.35. The number of piperidine rings is 1. The van der Waals surface area contributed by atoms with Gasteiger partial charge in [-0.25, -0.2) is 13.1 Å². The van der Waals surface area contributed by atoms with Crippen LogP contribution in [0.3, 0.4) is 0 Å². The summed E-state index contributed by atoms with van der Waals surface area (Å²) >= 11 is 0. The lowest BCUT2D eigenvalue weighted by atomic mass is 9.90. The molecule has 0 saturated carbocycles. The molecule has 1 atom stereocenters. The number of aryl methyl sites for hydroxylation is 1. The lowest BCUT2D eigenvalue weighted by Gasteiger charge is -2.34. The first-order valence-corrected chi connectivity index (χ1v) is 13.2. The molecule has 1 aromatic heterocycles. The minimum Gasteiger partial charge on any atom is -0.495 e. The van der Waals surface area contributed by atoms with Crippen molar-refractivity contribution in [2.45, 2.75) is 82.7 Å². The quantitative estimate of drug-likeness (QED) is 0.657. The zero-order chi connectivity index (χ0) is 22.9. The van der Waals surface area contributed by atoms with Gasteiger partial charge in [0.15, 0.2) is 0 Å². The van der Waals surface area contributed by atoms with Gasteiger partial charge in [0.1, 0.15) is 10.6 Å². The Bertz CT molecular complexity index is 1160. The van der Waals surface area contributed by atoms with Gasteiger partial charge >= 0.3 is 0 Å². The minimum absolute atomic E-state index is 0.00925. The summed E-state index contributed by atoms with van der Waals surface area (Å²) in [5.41, 5.74) is 3.20. The van der Waals surface area contributed by atoms with E-state index >= 15 is 0 Å². The van der Waals surface area contributed by atoms with Gasteiger partial charge in [0.25, 0.3) is 5.56 Å². The molecule has 8 heteroatoms. The molecular formula is C24H33N3O4S. The predicted octanol–water partition coefficient (Wildman–Crippen LogP) is 3.77. The van der Waals surface area contributed by atoms with Gasteiger partial charge in [0.05, 0.1) is 12.8 Å². The summed E-state index contributed by atoms with van der Waals surface area (Å²) in [6.45, 7) is 4.95. The molecule has 0 radical (unpaired) electrons. The summed E-state index contributed by atoms with van der Waals surface area (Å²) < 4.78 is 36.1. The Morgan fingerprint density at radius 1 is 1.09 bits per heavy atom. The van der Waals surface area contributed by atoms with Crippen LogP contribution in [0.5, 0.6) is 5.75 Å². The van der Waals surface area contributed by atoms with Crippen LogP contribution >= 0.6 is 0 Å². The number of fused-ring (bicyclic) bond motifs is 1. The molecule has 1 saturated heterocycles. The highest BCUT2D eigenvalue weighted by molar-refractivity contribution is 7.89. The number of rotatable bonds is 6. The van der Waals surface area contributed by atoms with Crippen molar-refractivity contribution in [1.82, 2.24) is 14.1 Å². The lowest BCUT2D eigenvalue weighted by Crippen LogP contribution is -2.43. The molecule has 0 amide bonds. The van der Waals surface area contributed by atoms with E-state index in [1.165, 1.54) is 11.8 Å². The Morgan fingerprint density at radius 2 is 1.84 bits per heavy atom. The molecule has 1 fully saturated rings. The van der Waals surface area contributed by atoms with Gasteiger partial charge in [-0.2, -0.15) is 9.40 Å². The number of ether oxygens (including phenoxy) is 1. The van der Waals surface area contributed by atoms with Crippen LogP contribution in [0.25, 0.3) is 11.3 Å². The first kappa shape index (κ1) is 23.0. The molecule has 2 aromatic rings. The number of methoxy groups -OCH3 is 1. The van der Waals surface area contributed by atoms with Crippen molar-refractivity contribution in [3.63, 3.8) is 0 Å². The average Bonchev–Trinajstić information content (AvgIpc) is 2.84. The minimum atomic E-state index is -3.73. The Kier molecular flexibility index (Phi) is 6.72. The second-order valence-corrected chi connectivity index (χ2v) is 10.5. The number of hydrogen-bond donors (Lipinski definition) is 0. The molecule has 4 rings (SSSR count). The molecule has 32 heavy (non-hydrogen) atoms. The monoisotopic (exact) mass is 459 g/mol. The molecule has 1 aliphatic heterocycles. The summed E-state index contributed by atoms with van der Waals surface area (Å²) in [7, 11) is -2.23. The molecule has 1 aliphatic carbocycles. The van der Waals surface area contributed by atoms with Crippen LogP contribution in [0.4, 0.5) is 0 Å². The summed E-state index contributed by atoms with van der Waals surface area (Å²) in [4.78, 5) is 13.0. The number of sulfonamides is 1. The third-order valence-corrected chi connectivity index (χ3v) is 8.81. The van der Waals surface area contributed by atoms with Crippen molar-refractivity contribution in [3.05, 3.63) is 39.7 Å². The average molecular weight is 460 g/mol. The largest absolute Gasteiger partial charge is 0.495 e. The van der Waals surface area contributed by atoms with Gasteiger partial charge < -0.3 is 4.74 Å². The van der Waals surface area contributed by atoms with Gasteiger partial charge in [0.2, 0.25) is 10.0 Å². The fourth-order valence-corrected chi connectivity index (χ4v) is 7.03. The summed E-state index contributed by atoms with van der Waals surface area (Å²) in [5.74, 6) is 0.340. The fourth-order valence-electron chi connectivity index (χ4n) is 5.08. The summed E-state index contributed by atoms with van der Waals surface area (Å²) in [5, 5.41) is 4.65. The van der Waals surface area contributed by atoms with Gasteiger partial charge in [-0.3, -0.25) is 4.79 Å². The number of hydrogen-bond acceptors (Lipinski definition) is 5. The fraction of sp³-hybridized carbons (Fsp3) is 0.583. The van der Waals surface area contributed by atoms with Crippen molar-refractivity contribution in [2.24, 2.45) is 0 Å². The SMILES string of the molecule is CC[C@@H]1CCCCN1S(=O)(=O)c1cc(-c2nn(CC)c(=O)c3c2CCCC3)ccc1OC. The van der Waals surface area contributed by atoms with E-state index in [2.05, 4.69) is 5.10 Å². The Labute approximate surface area is 190 Å². The van der Waals surface area contributed by atoms with Crippen molar-refractivity contribution in [1.29, 1.82) is 0 Å². The van der Waals surface area contributed by atoms with E-state index in [9.17, 15) is 13.2 Å². The molecule has 0 unspecified atom stereocenters. The number of nitrogens with zero attached hydrogens (tertiary/aromatic N) is 3. The first-order valence-electron chi connectivity index (χ1n) is 11.8. The zero-order valence-corrected chi connectivity index (χ0v) is 20.1. The molecule has 0 N–H and O–H groups in total. The highest BCUT2D eigenvalue weighted by Gasteiger charge is 2.35. The molecule has 0 spiro atoms. The standard InChI is InChI=1S/C24H33N3O4S/c1-4-18-10-8-9-15-27(18)32(29,30)22-16-17(13-14-21(22)31-3)23-19-11-6-7-12-20(19)24(28)26(5-2)25-23/h13-14,16,18H,4-12,15H2,1-3H3/t18-/m1/s1. The normalized spacial score (nSPS) is 19.5. The highest BCUT2D eigenvalue weighted by atomic mass is 32.2. The molecule has 2 heterocycles. The predicted molar refractivity (Wildman–Crippen MR) is 125 cm³/mol. The van der Waals surface area contributed by atoms with Crippen LogP contribution in [0.1, 0.15) is 63.5 Å². The van der Waals surface area contributed by atoms with Crippen molar-refractivity contribution in [3.8, 4) is 17.0 Å². The van der Waals surface area contributed by atoms with Gasteiger partial charge in [-0.15, -0.1) is 0 Å². The number of aromatic nitrogens is 2. The van der Waals surface area contributed by atoms with E-state index in [4.69, 9.17) is 4.74 Å². The van der Waals surface area contributed by atoms with Crippen LogP contribution in [-0.2, 0) is 29.4 Å². The van der Waals surface area contributed by atoms with Crippen molar-refractivity contribution < 1.29 is 13.2 Å². The van der Waals surface area contributed by atoms with Crippen molar-refractivity contribution in [2.75, 3.05) is 13.7 Å². The topological polar surface area (TPSA) is 81.5 Å². The van der Waals surface area contributed by atoms with Crippen LogP contribution < -0.4 is 10.3 Å². The summed E-state index contributed by atoms with van der Waals surface area (Å²) in [6.07, 6.45) is 7.12. The smallest absolute Gasteiger partial charge is 0.270 e. The zero-order valence-electron chi connectivity index (χ0n) is 19.3. The van der Waals surface area contributed by atoms with E-state index in [0.29, 0.717) is 24.5 Å². The molecule has 7 nitrogen and oxygen atoms in total. The van der Waals surface area contributed by atoms with E-state index in [1.54, 1.807) is 16.4 Å². The van der Waals surface area contributed by atoms with Gasteiger partial charge in [-0.1, -0.05) is 13.3 Å². The molecule has 0 bridgehead atoms. The highest BCUT2D eigenvalue weighted by Crippen LogP contribution is 2.36. The molecule has 174 valence electrons. The third-order valence-electron chi connectivity index (χ3n) is 6.83. The maximum atomic E-state index is 13.8. The first-order chi connectivity index (χ1) is 15.4. The molecule has 1 aromatic carbocycles. The van der Waals surface area contributed by atoms with Gasteiger partial charge in [-0.05, 0) is 75.6 Å². The third kappa shape index (κ3) is 3.99. The van der Waals surface area contributed by atoms with E-state index < -0.39 is 10.0 Å². The van der Waals surface area contributed by atoms with Gasteiger partial charge in [0, 0.05) is 30.3 Å². The van der Waals surface area contributed by atoms with E-state index in [-0.39, 0.29) is 16.5 Å². The number of benzene rings is 1. The van der Waals surface area contributed by atoms with Crippen LogP contribution in [-0.4, -0.2) is 42.2 Å². The lowest BCUT2D eigenvalue weighted by molar-refractivity contribution is 0.246. The Hall–Kier alpha value is -2.19. The second-order valence-electron chi connectivity index (χ2n) is 8.67. The molecule has 2 aliphatic rings. The van der Waals surface area contributed by atoms with E-state index in [0.717, 1.165) is 68.1 Å². The van der Waals surface area contributed by atoms with Crippen LogP contribution in [0.15, 0.2) is 27.9 Å². The summed E-state index contributed by atoms with van der Waals surface area (Å²) in [6, 6.07) is 5.27. The van der Waals surface area contributed by atoms with Crippen LogP contribution in [0, 0.1) is 0 Å². The van der Waals surface area contributed by atoms with Crippen LogP contribution in [0.2, 0.25) is 0 Å². The maximum absolute atomic E-state index is 13.8. The van der Waals surface area contributed by atoms with Crippen molar-refractivity contribution >= 4 is 10.0 Å². The van der Waals surface area contributed by atoms with E-state index in [1.807, 2.05) is 19.9 Å². The molecular weight excluding hydrogens is 426 g/mol. The maximum Gasteiger partial charge on any atom is 0.270 e. The Balaban J connectivity index is 1.88.